The largest absolute Gasteiger partial charge is 0.479 e. The van der Waals surface area contributed by atoms with Crippen molar-refractivity contribution < 1.29 is 29.3 Å². The van der Waals surface area contributed by atoms with Gasteiger partial charge in [0.25, 0.3) is 5.91 Å². The molecule has 1 atom stereocenters. The number of hydrogen-bond acceptors (Lipinski definition) is 5. The fraction of sp³-hybridized carbons (Fsp3) is 0.192. The summed E-state index contributed by atoms with van der Waals surface area (Å²) < 4.78 is 5.52. The number of fused-ring (bicyclic) bond motifs is 3. The van der Waals surface area contributed by atoms with Crippen LogP contribution in [0, 0.1) is 0 Å². The molecule has 0 saturated heterocycles. The summed E-state index contributed by atoms with van der Waals surface area (Å²) in [4.78, 5) is 35.1. The first-order chi connectivity index (χ1) is 16.4. The van der Waals surface area contributed by atoms with Crippen molar-refractivity contribution in [3.05, 3.63) is 89.5 Å². The molecule has 4 rings (SSSR count). The highest BCUT2D eigenvalue weighted by molar-refractivity contribution is 5.95. The van der Waals surface area contributed by atoms with Crippen LogP contribution < -0.4 is 10.6 Å². The molecule has 0 spiro atoms. The van der Waals surface area contributed by atoms with Crippen molar-refractivity contribution in [3.8, 4) is 11.1 Å². The molecule has 8 heteroatoms. The van der Waals surface area contributed by atoms with Gasteiger partial charge in [-0.3, -0.25) is 10.1 Å². The van der Waals surface area contributed by atoms with Crippen LogP contribution in [0.3, 0.4) is 0 Å². The van der Waals surface area contributed by atoms with Gasteiger partial charge in [-0.2, -0.15) is 0 Å². The van der Waals surface area contributed by atoms with Gasteiger partial charge in [-0.1, -0.05) is 48.5 Å². The summed E-state index contributed by atoms with van der Waals surface area (Å²) in [5, 5.41) is 23.1. The molecule has 1 unspecified atom stereocenters. The van der Waals surface area contributed by atoms with Crippen molar-refractivity contribution in [2.45, 2.75) is 18.4 Å². The Balaban J connectivity index is 1.30. The van der Waals surface area contributed by atoms with Gasteiger partial charge in [0.05, 0.1) is 0 Å². The third kappa shape index (κ3) is 5.07. The molecule has 0 bridgehead atoms. The lowest BCUT2D eigenvalue weighted by Crippen LogP contribution is -2.30. The van der Waals surface area contributed by atoms with Gasteiger partial charge in [-0.05, 0) is 46.5 Å². The monoisotopic (exact) mass is 460 g/mol. The van der Waals surface area contributed by atoms with Gasteiger partial charge in [-0.25, -0.2) is 9.59 Å². The predicted molar refractivity (Wildman–Crippen MR) is 126 cm³/mol. The first kappa shape index (κ1) is 23.0. The number of aliphatic carboxylic acids is 1. The summed E-state index contributed by atoms with van der Waals surface area (Å²) in [7, 11) is 0. The zero-order valence-corrected chi connectivity index (χ0v) is 18.2. The summed E-state index contributed by atoms with van der Waals surface area (Å²) in [5.41, 5.74) is 5.36. The molecule has 0 aliphatic heterocycles. The third-order valence-electron chi connectivity index (χ3n) is 5.73. The number of carboxylic acids is 1. The lowest BCUT2D eigenvalue weighted by atomic mass is 9.98. The van der Waals surface area contributed by atoms with Gasteiger partial charge < -0.3 is 20.3 Å². The summed E-state index contributed by atoms with van der Waals surface area (Å²) in [6.07, 6.45) is -2.21. The number of ether oxygens (including phenoxy) is 1. The Morgan fingerprint density at radius 1 is 0.882 bits per heavy atom. The minimum absolute atomic E-state index is 0.0199. The molecule has 4 N–H and O–H groups in total. The van der Waals surface area contributed by atoms with Crippen molar-refractivity contribution >= 4 is 23.7 Å². The summed E-state index contributed by atoms with van der Waals surface area (Å²) in [5.74, 6) is -1.79. The van der Waals surface area contributed by atoms with Gasteiger partial charge in [0.1, 0.15) is 6.61 Å². The normalized spacial score (nSPS) is 12.9. The number of rotatable bonds is 8. The Bertz CT molecular complexity index is 1160. The van der Waals surface area contributed by atoms with E-state index in [0.29, 0.717) is 11.3 Å². The van der Waals surface area contributed by atoms with Crippen LogP contribution in [0.15, 0.2) is 72.8 Å². The van der Waals surface area contributed by atoms with Crippen LogP contribution in [-0.4, -0.2) is 47.4 Å². The Labute approximate surface area is 196 Å². The van der Waals surface area contributed by atoms with E-state index < -0.39 is 24.1 Å². The molecule has 8 nitrogen and oxygen atoms in total. The van der Waals surface area contributed by atoms with E-state index in [9.17, 15) is 19.5 Å². The zero-order valence-electron chi connectivity index (χ0n) is 18.2. The van der Waals surface area contributed by atoms with Crippen LogP contribution in [-0.2, 0) is 9.53 Å². The van der Waals surface area contributed by atoms with Crippen LogP contribution in [0.5, 0.6) is 0 Å². The molecular weight excluding hydrogens is 436 g/mol. The van der Waals surface area contributed by atoms with Crippen molar-refractivity contribution in [1.29, 1.82) is 0 Å². The number of aliphatic hydroxyl groups excluding tert-OH is 1. The molecule has 0 heterocycles. The second kappa shape index (κ2) is 10.2. The smallest absolute Gasteiger partial charge is 0.411 e. The first-order valence-electron chi connectivity index (χ1n) is 10.8. The van der Waals surface area contributed by atoms with E-state index in [1.807, 2.05) is 36.4 Å². The van der Waals surface area contributed by atoms with Gasteiger partial charge in [-0.15, -0.1) is 0 Å². The summed E-state index contributed by atoms with van der Waals surface area (Å²) in [6, 6.07) is 22.4. The zero-order chi connectivity index (χ0) is 24.1. The van der Waals surface area contributed by atoms with E-state index in [0.717, 1.165) is 22.3 Å². The number of amides is 2. The van der Waals surface area contributed by atoms with E-state index in [4.69, 9.17) is 9.84 Å². The quantitative estimate of drug-likeness (QED) is 0.407. The summed E-state index contributed by atoms with van der Waals surface area (Å²) >= 11 is 0. The standard InChI is InChI=1S/C26H24N2O6/c29-23(25(31)32)13-14-27-24(30)16-9-11-17(12-10-16)28-26(33)34-15-22-20-7-3-1-5-18(20)19-6-2-4-8-21(19)22/h1-12,22-23,29H,13-15H2,(H,27,30)(H,28,33)(H,31,32). The Morgan fingerprint density at radius 3 is 2.06 bits per heavy atom. The molecular formula is C26H24N2O6. The van der Waals surface area contributed by atoms with Gasteiger partial charge in [0, 0.05) is 30.1 Å². The predicted octanol–water partition coefficient (Wildman–Crippen LogP) is 3.61. The third-order valence-corrected chi connectivity index (χ3v) is 5.73. The lowest BCUT2D eigenvalue weighted by molar-refractivity contribution is -0.146. The molecule has 0 fully saturated rings. The maximum Gasteiger partial charge on any atom is 0.411 e. The highest BCUT2D eigenvalue weighted by Gasteiger charge is 2.29. The van der Waals surface area contributed by atoms with E-state index >= 15 is 0 Å². The SMILES string of the molecule is O=C(Nc1ccc(C(=O)NCCC(O)C(=O)O)cc1)OCC1c2ccccc2-c2ccccc21. The number of carbonyl (C=O) groups is 3. The van der Waals surface area contributed by atoms with Crippen LogP contribution >= 0.6 is 0 Å². The van der Waals surface area contributed by atoms with Gasteiger partial charge >= 0.3 is 12.1 Å². The summed E-state index contributed by atoms with van der Waals surface area (Å²) in [6.45, 7) is 0.217. The van der Waals surface area contributed by atoms with Crippen LogP contribution in [0.25, 0.3) is 11.1 Å². The number of anilines is 1. The number of carboxylic acid groups (broad SMARTS) is 1. The number of carbonyl (C=O) groups excluding carboxylic acids is 2. The minimum atomic E-state index is -1.52. The van der Waals surface area contributed by atoms with Crippen molar-refractivity contribution in [2.75, 3.05) is 18.5 Å². The van der Waals surface area contributed by atoms with Crippen molar-refractivity contribution in [2.24, 2.45) is 0 Å². The maximum absolute atomic E-state index is 12.4. The molecule has 3 aromatic rings. The Kier molecular flexibility index (Phi) is 6.89. The molecule has 0 radical (unpaired) electrons. The van der Waals surface area contributed by atoms with Crippen molar-refractivity contribution in [1.82, 2.24) is 5.32 Å². The average Bonchev–Trinajstić information content (AvgIpc) is 3.16. The molecule has 0 saturated carbocycles. The molecule has 34 heavy (non-hydrogen) atoms. The van der Waals surface area contributed by atoms with Crippen LogP contribution in [0.4, 0.5) is 10.5 Å². The average molecular weight is 460 g/mol. The second-order valence-electron chi connectivity index (χ2n) is 7.93. The van der Waals surface area contributed by atoms with E-state index in [1.165, 1.54) is 12.1 Å². The van der Waals surface area contributed by atoms with Crippen LogP contribution in [0.1, 0.15) is 33.8 Å². The Morgan fingerprint density at radius 2 is 1.47 bits per heavy atom. The number of hydrogen-bond donors (Lipinski definition) is 4. The van der Waals surface area contributed by atoms with E-state index in [2.05, 4.69) is 22.8 Å². The fourth-order valence-electron chi connectivity index (χ4n) is 4.01. The second-order valence-corrected chi connectivity index (χ2v) is 7.93. The number of nitrogens with one attached hydrogen (secondary N) is 2. The molecule has 1 aliphatic carbocycles. The highest BCUT2D eigenvalue weighted by Crippen LogP contribution is 2.44. The fourth-order valence-corrected chi connectivity index (χ4v) is 4.01. The van der Waals surface area contributed by atoms with E-state index in [-0.39, 0.29) is 25.5 Å². The molecule has 174 valence electrons. The van der Waals surface area contributed by atoms with E-state index in [1.54, 1.807) is 12.1 Å². The molecule has 0 aromatic heterocycles. The minimum Gasteiger partial charge on any atom is -0.479 e. The highest BCUT2D eigenvalue weighted by atomic mass is 16.5. The lowest BCUT2D eigenvalue weighted by Gasteiger charge is -2.14. The van der Waals surface area contributed by atoms with Gasteiger partial charge in [0.2, 0.25) is 0 Å². The molecule has 3 aromatic carbocycles. The molecule has 1 aliphatic rings. The van der Waals surface area contributed by atoms with Crippen LogP contribution in [0.2, 0.25) is 0 Å². The number of benzene rings is 3. The molecule has 2 amide bonds. The van der Waals surface area contributed by atoms with Gasteiger partial charge in [0.15, 0.2) is 6.10 Å². The maximum atomic E-state index is 12.4. The Hall–Kier alpha value is -4.17. The first-order valence-corrected chi connectivity index (χ1v) is 10.8. The topological polar surface area (TPSA) is 125 Å². The van der Waals surface area contributed by atoms with Crippen molar-refractivity contribution in [3.63, 3.8) is 0 Å². The number of aliphatic hydroxyl groups is 1.